The number of rotatable bonds is 3. The van der Waals surface area contributed by atoms with Crippen molar-refractivity contribution < 1.29 is 4.79 Å². The van der Waals surface area contributed by atoms with Crippen molar-refractivity contribution in [2.45, 2.75) is 13.0 Å². The lowest BCUT2D eigenvalue weighted by Gasteiger charge is -2.12. The molecule has 0 aliphatic carbocycles. The van der Waals surface area contributed by atoms with E-state index in [-0.39, 0.29) is 11.9 Å². The zero-order chi connectivity index (χ0) is 11.4. The molecule has 1 amide bonds. The van der Waals surface area contributed by atoms with Gasteiger partial charge in [-0.25, -0.2) is 0 Å². The van der Waals surface area contributed by atoms with Gasteiger partial charge in [-0.3, -0.25) is 4.79 Å². The fourth-order valence-electron chi connectivity index (χ4n) is 1.07. The minimum Gasteiger partial charge on any atom is -0.348 e. The van der Waals surface area contributed by atoms with E-state index in [1.807, 2.05) is 6.92 Å². The molecule has 1 rings (SSSR count). The van der Waals surface area contributed by atoms with Gasteiger partial charge in [0.2, 0.25) is 0 Å². The van der Waals surface area contributed by atoms with Crippen LogP contribution in [0.1, 0.15) is 17.3 Å². The number of hydrogen-bond donors (Lipinski definition) is 2. The van der Waals surface area contributed by atoms with Crippen molar-refractivity contribution in [1.29, 1.82) is 0 Å². The van der Waals surface area contributed by atoms with Crippen LogP contribution in [-0.2, 0) is 0 Å². The van der Waals surface area contributed by atoms with Crippen LogP contribution in [0.2, 0.25) is 10.0 Å². The van der Waals surface area contributed by atoms with Gasteiger partial charge in [0.15, 0.2) is 0 Å². The monoisotopic (exact) mass is 246 g/mol. The largest absolute Gasteiger partial charge is 0.348 e. The van der Waals surface area contributed by atoms with E-state index >= 15 is 0 Å². The predicted octanol–water partition coefficient (Wildman–Crippen LogP) is 2.07. The summed E-state index contributed by atoms with van der Waals surface area (Å²) in [4.78, 5) is 11.7. The molecule has 1 aromatic carbocycles. The van der Waals surface area contributed by atoms with Gasteiger partial charge in [-0.1, -0.05) is 29.3 Å². The normalized spacial score (nSPS) is 12.3. The van der Waals surface area contributed by atoms with E-state index in [1.165, 1.54) is 0 Å². The molecule has 1 unspecified atom stereocenters. The van der Waals surface area contributed by atoms with Crippen LogP contribution >= 0.6 is 23.2 Å². The third-order valence-corrected chi connectivity index (χ3v) is 2.55. The molecule has 3 N–H and O–H groups in total. The first-order chi connectivity index (χ1) is 7.06. The summed E-state index contributed by atoms with van der Waals surface area (Å²) in [5.74, 6) is -0.302. The number of benzene rings is 1. The Bertz CT molecular complexity index is 348. The Morgan fingerprint density at radius 2 is 2.00 bits per heavy atom. The molecule has 0 aliphatic rings. The molecule has 3 nitrogen and oxygen atoms in total. The van der Waals surface area contributed by atoms with Crippen LogP contribution in [0.5, 0.6) is 0 Å². The highest BCUT2D eigenvalue weighted by Gasteiger charge is 2.15. The van der Waals surface area contributed by atoms with Crippen LogP contribution in [0.15, 0.2) is 18.2 Å². The molecule has 1 aromatic rings. The van der Waals surface area contributed by atoms with Crippen molar-refractivity contribution >= 4 is 29.1 Å². The molecule has 5 heteroatoms. The second kappa shape index (κ2) is 5.35. The highest BCUT2D eigenvalue weighted by atomic mass is 35.5. The molecular weight excluding hydrogens is 235 g/mol. The number of hydrogen-bond acceptors (Lipinski definition) is 2. The first-order valence-corrected chi connectivity index (χ1v) is 5.26. The van der Waals surface area contributed by atoms with Crippen LogP contribution in [-0.4, -0.2) is 18.5 Å². The van der Waals surface area contributed by atoms with Gasteiger partial charge >= 0.3 is 0 Å². The topological polar surface area (TPSA) is 55.1 Å². The van der Waals surface area contributed by atoms with Gasteiger partial charge in [0, 0.05) is 12.6 Å². The number of nitrogens with two attached hydrogens (primary N) is 1. The Morgan fingerprint density at radius 3 is 2.47 bits per heavy atom. The average molecular weight is 247 g/mol. The van der Waals surface area contributed by atoms with Gasteiger partial charge in [0.25, 0.3) is 5.91 Å². The van der Waals surface area contributed by atoms with Crippen LogP contribution in [0.4, 0.5) is 0 Å². The van der Waals surface area contributed by atoms with E-state index in [9.17, 15) is 4.79 Å². The van der Waals surface area contributed by atoms with Gasteiger partial charge in [0.1, 0.15) is 0 Å². The molecule has 0 saturated carbocycles. The van der Waals surface area contributed by atoms with E-state index in [0.717, 1.165) is 0 Å². The van der Waals surface area contributed by atoms with Gasteiger partial charge in [-0.05, 0) is 19.1 Å². The zero-order valence-corrected chi connectivity index (χ0v) is 9.77. The first kappa shape index (κ1) is 12.3. The Kier molecular flexibility index (Phi) is 4.39. The molecule has 1 atom stereocenters. The predicted molar refractivity (Wildman–Crippen MR) is 62.4 cm³/mol. The lowest BCUT2D eigenvalue weighted by atomic mass is 10.2. The van der Waals surface area contributed by atoms with Crippen molar-refractivity contribution in [1.82, 2.24) is 5.32 Å². The summed E-state index contributed by atoms with van der Waals surface area (Å²) in [6, 6.07) is 4.82. The molecule has 0 saturated heterocycles. The van der Waals surface area contributed by atoms with E-state index in [0.29, 0.717) is 22.2 Å². The summed E-state index contributed by atoms with van der Waals surface area (Å²) in [6.07, 6.45) is 0. The lowest BCUT2D eigenvalue weighted by Crippen LogP contribution is -2.38. The van der Waals surface area contributed by atoms with E-state index in [1.54, 1.807) is 18.2 Å². The summed E-state index contributed by atoms with van der Waals surface area (Å²) in [7, 11) is 0. The van der Waals surface area contributed by atoms with E-state index in [2.05, 4.69) is 5.32 Å². The molecule has 0 aromatic heterocycles. The number of carbonyl (C=O) groups excluding carboxylic acids is 1. The second-order valence-electron chi connectivity index (χ2n) is 3.21. The van der Waals surface area contributed by atoms with Crippen molar-refractivity contribution in [2.75, 3.05) is 6.54 Å². The Hall–Kier alpha value is -0.770. The standard InChI is InChI=1S/C10H12Cl2N2O/c1-6(5-13)14-10(15)9-7(11)3-2-4-8(9)12/h2-4,6H,5,13H2,1H3,(H,14,15). The van der Waals surface area contributed by atoms with Gasteiger partial charge in [-0.15, -0.1) is 0 Å². The number of halogens is 2. The van der Waals surface area contributed by atoms with Crippen LogP contribution < -0.4 is 11.1 Å². The third-order valence-electron chi connectivity index (χ3n) is 1.92. The van der Waals surface area contributed by atoms with Gasteiger partial charge in [-0.2, -0.15) is 0 Å². The third kappa shape index (κ3) is 3.09. The minimum absolute atomic E-state index is 0.107. The maximum Gasteiger partial charge on any atom is 0.254 e. The van der Waals surface area contributed by atoms with Crippen molar-refractivity contribution in [3.05, 3.63) is 33.8 Å². The van der Waals surface area contributed by atoms with Gasteiger partial charge < -0.3 is 11.1 Å². The Morgan fingerprint density at radius 1 is 1.47 bits per heavy atom. The van der Waals surface area contributed by atoms with Gasteiger partial charge in [0.05, 0.1) is 15.6 Å². The molecule has 0 fully saturated rings. The number of nitrogens with one attached hydrogen (secondary N) is 1. The minimum atomic E-state index is -0.302. The Balaban J connectivity index is 2.91. The highest BCUT2D eigenvalue weighted by molar-refractivity contribution is 6.39. The van der Waals surface area contributed by atoms with Crippen LogP contribution in [0.25, 0.3) is 0 Å². The van der Waals surface area contributed by atoms with Crippen LogP contribution in [0, 0.1) is 0 Å². The van der Waals surface area contributed by atoms with Crippen molar-refractivity contribution in [3.8, 4) is 0 Å². The maximum atomic E-state index is 11.7. The fraction of sp³-hybridized carbons (Fsp3) is 0.300. The second-order valence-corrected chi connectivity index (χ2v) is 4.02. The van der Waals surface area contributed by atoms with Crippen molar-refractivity contribution in [2.24, 2.45) is 5.73 Å². The molecule has 0 aliphatic heterocycles. The molecular formula is C10H12Cl2N2O. The Labute approximate surface area is 98.5 Å². The summed E-state index contributed by atoms with van der Waals surface area (Å²) in [5, 5.41) is 3.37. The molecule has 0 radical (unpaired) electrons. The summed E-state index contributed by atoms with van der Waals surface area (Å²) in [5.41, 5.74) is 5.69. The van der Waals surface area contributed by atoms with Crippen molar-refractivity contribution in [3.63, 3.8) is 0 Å². The lowest BCUT2D eigenvalue weighted by molar-refractivity contribution is 0.0941. The smallest absolute Gasteiger partial charge is 0.254 e. The molecule has 0 spiro atoms. The van der Waals surface area contributed by atoms with E-state index in [4.69, 9.17) is 28.9 Å². The van der Waals surface area contributed by atoms with Crippen LogP contribution in [0.3, 0.4) is 0 Å². The molecule has 15 heavy (non-hydrogen) atoms. The van der Waals surface area contributed by atoms with E-state index < -0.39 is 0 Å². The molecule has 0 bridgehead atoms. The summed E-state index contributed by atoms with van der Waals surface area (Å²) >= 11 is 11.7. The maximum absolute atomic E-state index is 11.7. The molecule has 82 valence electrons. The number of amides is 1. The SMILES string of the molecule is CC(CN)NC(=O)c1c(Cl)cccc1Cl. The fourth-order valence-corrected chi connectivity index (χ4v) is 1.64. The quantitative estimate of drug-likeness (QED) is 0.859. The molecule has 0 heterocycles. The zero-order valence-electron chi connectivity index (χ0n) is 8.26. The first-order valence-electron chi connectivity index (χ1n) is 4.51. The average Bonchev–Trinajstić information content (AvgIpc) is 2.17. The highest BCUT2D eigenvalue weighted by Crippen LogP contribution is 2.23. The summed E-state index contributed by atoms with van der Waals surface area (Å²) in [6.45, 7) is 2.18. The summed E-state index contributed by atoms with van der Waals surface area (Å²) < 4.78 is 0. The number of carbonyl (C=O) groups is 1.